The molecule has 0 radical (unpaired) electrons. The predicted octanol–water partition coefficient (Wildman–Crippen LogP) is 0.647. The molecule has 22 heavy (non-hydrogen) atoms. The van der Waals surface area contributed by atoms with Crippen molar-refractivity contribution in [1.82, 2.24) is 14.0 Å². The Morgan fingerprint density at radius 1 is 1.45 bits per heavy atom. The number of nitrogens with one attached hydrogen (secondary N) is 1. The molecule has 3 heterocycles. The topological polar surface area (TPSA) is 96.2 Å². The van der Waals surface area contributed by atoms with Gasteiger partial charge in [-0.15, -0.1) is 0 Å². The number of hydrogen-bond donors (Lipinski definition) is 1. The quantitative estimate of drug-likeness (QED) is 0.717. The highest BCUT2D eigenvalue weighted by Gasteiger charge is 2.12. The normalized spacial score (nSPS) is 10.9. The molecule has 3 aromatic heterocycles. The van der Waals surface area contributed by atoms with Crippen LogP contribution in [0.3, 0.4) is 0 Å². The van der Waals surface area contributed by atoms with Crippen LogP contribution < -0.4 is 11.0 Å². The van der Waals surface area contributed by atoms with Gasteiger partial charge in [0.05, 0.1) is 17.6 Å². The smallest absolute Gasteiger partial charge is 0.267 e. The van der Waals surface area contributed by atoms with Gasteiger partial charge in [-0.1, -0.05) is 6.07 Å². The van der Waals surface area contributed by atoms with Gasteiger partial charge in [-0.2, -0.15) is 5.26 Å². The summed E-state index contributed by atoms with van der Waals surface area (Å²) in [5.41, 5.74) is 0.786. The molecule has 0 saturated heterocycles. The first-order valence-electron chi connectivity index (χ1n) is 6.66. The van der Waals surface area contributed by atoms with Crippen LogP contribution in [0.2, 0.25) is 0 Å². The summed E-state index contributed by atoms with van der Waals surface area (Å²) >= 11 is 0. The van der Waals surface area contributed by atoms with Crippen LogP contribution in [0.25, 0.3) is 16.7 Å². The van der Waals surface area contributed by atoms with E-state index in [9.17, 15) is 10.1 Å². The number of rotatable bonds is 3. The van der Waals surface area contributed by atoms with Gasteiger partial charge in [0, 0.05) is 19.9 Å². The largest absolute Gasteiger partial charge is 0.383 e. The van der Waals surface area contributed by atoms with Crippen LogP contribution in [-0.2, 0) is 11.3 Å². The van der Waals surface area contributed by atoms with Crippen molar-refractivity contribution in [1.29, 1.82) is 10.7 Å². The van der Waals surface area contributed by atoms with Crippen molar-refractivity contribution in [2.24, 2.45) is 0 Å². The minimum Gasteiger partial charge on any atom is -0.383 e. The molecule has 0 aliphatic carbocycles. The average Bonchev–Trinajstić information content (AvgIpc) is 2.54. The third kappa shape index (κ3) is 2.06. The Morgan fingerprint density at radius 2 is 2.27 bits per heavy atom. The summed E-state index contributed by atoms with van der Waals surface area (Å²) in [6.45, 7) is 0.702. The van der Waals surface area contributed by atoms with Crippen molar-refractivity contribution in [3.05, 3.63) is 51.9 Å². The molecule has 0 atom stereocenters. The van der Waals surface area contributed by atoms with Gasteiger partial charge in [0.25, 0.3) is 5.56 Å². The van der Waals surface area contributed by atoms with Gasteiger partial charge >= 0.3 is 0 Å². The fourth-order valence-electron chi connectivity index (χ4n) is 2.37. The van der Waals surface area contributed by atoms with E-state index < -0.39 is 0 Å². The second-order valence-corrected chi connectivity index (χ2v) is 4.75. The third-order valence-corrected chi connectivity index (χ3v) is 3.46. The van der Waals surface area contributed by atoms with Crippen molar-refractivity contribution < 1.29 is 4.74 Å². The number of fused-ring (bicyclic) bond motifs is 2. The van der Waals surface area contributed by atoms with E-state index in [0.717, 1.165) is 0 Å². The lowest BCUT2D eigenvalue weighted by Gasteiger charge is -2.12. The van der Waals surface area contributed by atoms with Crippen LogP contribution in [0.4, 0.5) is 0 Å². The van der Waals surface area contributed by atoms with E-state index in [1.165, 1.54) is 15.0 Å². The summed E-state index contributed by atoms with van der Waals surface area (Å²) in [5.74, 6) is 0. The lowest BCUT2D eigenvalue weighted by molar-refractivity contribution is 0.187. The van der Waals surface area contributed by atoms with E-state index in [2.05, 4.69) is 4.98 Å². The fraction of sp³-hybridized carbons (Fsp3) is 0.200. The SMILES string of the molecule is COCCn1c(=N)c(C#N)cc2c(=O)n3ccccc3nc21. The van der Waals surface area contributed by atoms with E-state index in [0.29, 0.717) is 29.8 Å². The Hall–Kier alpha value is -2.98. The number of ether oxygens (including phenoxy) is 1. The summed E-state index contributed by atoms with van der Waals surface area (Å²) in [4.78, 5) is 17.1. The Bertz CT molecular complexity index is 1030. The van der Waals surface area contributed by atoms with E-state index in [-0.39, 0.29) is 16.6 Å². The van der Waals surface area contributed by atoms with Gasteiger partial charge < -0.3 is 9.30 Å². The number of nitriles is 1. The average molecular weight is 295 g/mol. The maximum atomic E-state index is 12.6. The Morgan fingerprint density at radius 3 is 3.00 bits per heavy atom. The zero-order valence-electron chi connectivity index (χ0n) is 11.9. The van der Waals surface area contributed by atoms with Crippen molar-refractivity contribution >= 4 is 16.7 Å². The first kappa shape index (κ1) is 14.0. The monoisotopic (exact) mass is 295 g/mol. The van der Waals surface area contributed by atoms with Crippen LogP contribution in [-0.4, -0.2) is 27.7 Å². The van der Waals surface area contributed by atoms with E-state index in [1.807, 2.05) is 6.07 Å². The standard InChI is InChI=1S/C15H13N5O2/c1-22-7-6-20-13(17)10(9-16)8-11-14(20)18-12-4-2-3-5-19(12)15(11)21/h2-5,8,17H,6-7H2,1H3. The number of hydrogen-bond acceptors (Lipinski definition) is 5. The number of methoxy groups -OCH3 is 1. The highest BCUT2D eigenvalue weighted by atomic mass is 16.5. The zero-order chi connectivity index (χ0) is 15.7. The summed E-state index contributed by atoms with van der Waals surface area (Å²) < 4.78 is 8.00. The third-order valence-electron chi connectivity index (χ3n) is 3.46. The van der Waals surface area contributed by atoms with Crippen LogP contribution in [0.5, 0.6) is 0 Å². The number of nitrogens with zero attached hydrogens (tertiary/aromatic N) is 4. The molecule has 0 aliphatic rings. The second kappa shape index (κ2) is 5.42. The molecule has 1 N–H and O–H groups in total. The summed E-state index contributed by atoms with van der Waals surface area (Å²) in [6.07, 6.45) is 1.63. The molecule has 0 aliphatic heterocycles. The molecule has 0 aromatic carbocycles. The number of pyridine rings is 2. The van der Waals surface area contributed by atoms with Crippen molar-refractivity contribution in [2.45, 2.75) is 6.54 Å². The summed E-state index contributed by atoms with van der Waals surface area (Å²) in [6, 6.07) is 8.64. The molecule has 3 rings (SSSR count). The molecule has 0 bridgehead atoms. The van der Waals surface area contributed by atoms with Crippen LogP contribution >= 0.6 is 0 Å². The van der Waals surface area contributed by atoms with Crippen LogP contribution in [0, 0.1) is 16.7 Å². The van der Waals surface area contributed by atoms with E-state index in [4.69, 9.17) is 10.1 Å². The molecule has 3 aromatic rings. The van der Waals surface area contributed by atoms with E-state index >= 15 is 0 Å². The highest BCUT2D eigenvalue weighted by molar-refractivity contribution is 5.77. The molecule has 0 spiro atoms. The van der Waals surface area contributed by atoms with E-state index in [1.54, 1.807) is 31.5 Å². The number of aromatic nitrogens is 3. The highest BCUT2D eigenvalue weighted by Crippen LogP contribution is 2.09. The minimum absolute atomic E-state index is 0.0271. The van der Waals surface area contributed by atoms with Crippen molar-refractivity contribution in [3.63, 3.8) is 0 Å². The lowest BCUT2D eigenvalue weighted by Crippen LogP contribution is -2.28. The fourth-order valence-corrected chi connectivity index (χ4v) is 2.37. The van der Waals surface area contributed by atoms with Gasteiger partial charge in [0.1, 0.15) is 22.9 Å². The molecule has 7 heteroatoms. The van der Waals surface area contributed by atoms with Gasteiger partial charge in [-0.3, -0.25) is 14.6 Å². The second-order valence-electron chi connectivity index (χ2n) is 4.75. The van der Waals surface area contributed by atoms with Crippen LogP contribution in [0.15, 0.2) is 35.3 Å². The zero-order valence-corrected chi connectivity index (χ0v) is 11.9. The van der Waals surface area contributed by atoms with Gasteiger partial charge in [0.2, 0.25) is 0 Å². The Labute approximate surface area is 125 Å². The lowest BCUT2D eigenvalue weighted by atomic mass is 10.2. The van der Waals surface area contributed by atoms with Crippen LogP contribution in [0.1, 0.15) is 5.56 Å². The predicted molar refractivity (Wildman–Crippen MR) is 79.4 cm³/mol. The molecular weight excluding hydrogens is 282 g/mol. The molecule has 0 fully saturated rings. The minimum atomic E-state index is -0.261. The Kier molecular flexibility index (Phi) is 3.45. The first-order valence-corrected chi connectivity index (χ1v) is 6.66. The molecular formula is C15H13N5O2. The van der Waals surface area contributed by atoms with Gasteiger partial charge in [-0.05, 0) is 18.2 Å². The van der Waals surface area contributed by atoms with Gasteiger partial charge in [0.15, 0.2) is 0 Å². The Balaban J connectivity index is 2.50. The maximum absolute atomic E-state index is 12.6. The molecule has 110 valence electrons. The summed E-state index contributed by atoms with van der Waals surface area (Å²) in [7, 11) is 1.55. The van der Waals surface area contributed by atoms with Crippen molar-refractivity contribution in [3.8, 4) is 6.07 Å². The van der Waals surface area contributed by atoms with Crippen molar-refractivity contribution in [2.75, 3.05) is 13.7 Å². The molecule has 7 nitrogen and oxygen atoms in total. The molecule has 0 amide bonds. The molecule has 0 unspecified atom stereocenters. The maximum Gasteiger partial charge on any atom is 0.267 e. The van der Waals surface area contributed by atoms with Gasteiger partial charge in [-0.25, -0.2) is 4.98 Å². The molecule has 0 saturated carbocycles. The first-order chi connectivity index (χ1) is 10.7. The summed E-state index contributed by atoms with van der Waals surface area (Å²) in [5, 5.41) is 17.6.